The van der Waals surface area contributed by atoms with Crippen molar-refractivity contribution < 1.29 is 14.3 Å². The van der Waals surface area contributed by atoms with Gasteiger partial charge in [0.1, 0.15) is 5.82 Å². The number of benzene rings is 2. The molecule has 3 nitrogen and oxygen atoms in total. The van der Waals surface area contributed by atoms with Gasteiger partial charge in [-0.3, -0.25) is 4.79 Å². The lowest BCUT2D eigenvalue weighted by Gasteiger charge is -2.14. The summed E-state index contributed by atoms with van der Waals surface area (Å²) in [6, 6.07) is 9.53. The molecule has 116 valence electrons. The topological polar surface area (TPSA) is 49.3 Å². The molecule has 2 aromatic rings. The van der Waals surface area contributed by atoms with E-state index in [1.807, 2.05) is 26.0 Å². The van der Waals surface area contributed by atoms with Crippen LogP contribution in [0.25, 0.3) is 0 Å². The third-order valence-corrected chi connectivity index (χ3v) is 3.94. The Balaban J connectivity index is 2.04. The van der Waals surface area contributed by atoms with Crippen molar-refractivity contribution >= 4 is 17.5 Å². The minimum atomic E-state index is -0.999. The number of aryl methyl sites for hydroxylation is 1. The average Bonchev–Trinajstić information content (AvgIpc) is 2.50. The van der Waals surface area contributed by atoms with Crippen molar-refractivity contribution in [3.8, 4) is 0 Å². The predicted octanol–water partition coefficient (Wildman–Crippen LogP) is 3.56. The monoisotopic (exact) mass is 321 g/mol. The first-order valence-electron chi connectivity index (χ1n) is 6.87. The first-order valence-corrected chi connectivity index (χ1v) is 7.25. The Morgan fingerprint density at radius 3 is 2.73 bits per heavy atom. The van der Waals surface area contributed by atoms with E-state index in [1.54, 1.807) is 6.07 Å². The van der Waals surface area contributed by atoms with E-state index in [4.69, 9.17) is 11.6 Å². The van der Waals surface area contributed by atoms with Gasteiger partial charge in [0, 0.05) is 12.1 Å². The number of hydrogen-bond donors (Lipinski definition) is 2. The molecule has 1 amide bonds. The number of rotatable bonds is 4. The summed E-state index contributed by atoms with van der Waals surface area (Å²) in [7, 11) is 0. The van der Waals surface area contributed by atoms with Gasteiger partial charge in [0.15, 0.2) is 0 Å². The second-order valence-corrected chi connectivity index (χ2v) is 5.55. The van der Waals surface area contributed by atoms with Crippen LogP contribution in [0.5, 0.6) is 0 Å². The Morgan fingerprint density at radius 2 is 2.05 bits per heavy atom. The molecule has 0 aliphatic carbocycles. The Hall–Kier alpha value is -1.91. The van der Waals surface area contributed by atoms with Gasteiger partial charge < -0.3 is 10.4 Å². The molecule has 5 heteroatoms. The van der Waals surface area contributed by atoms with E-state index >= 15 is 0 Å². The lowest BCUT2D eigenvalue weighted by molar-refractivity contribution is 0.0915. The number of hydrogen-bond acceptors (Lipinski definition) is 2. The van der Waals surface area contributed by atoms with Gasteiger partial charge in [-0.2, -0.15) is 0 Å². The van der Waals surface area contributed by atoms with Crippen LogP contribution in [0.1, 0.15) is 33.2 Å². The molecule has 22 heavy (non-hydrogen) atoms. The lowest BCUT2D eigenvalue weighted by Crippen LogP contribution is -2.29. The molecular formula is C17H17ClFNO2. The highest BCUT2D eigenvalue weighted by molar-refractivity contribution is 6.30. The molecular weight excluding hydrogens is 305 g/mol. The summed E-state index contributed by atoms with van der Waals surface area (Å²) in [5, 5.41) is 12.7. The first kappa shape index (κ1) is 16.5. The lowest BCUT2D eigenvalue weighted by atomic mass is 10.0. The highest BCUT2D eigenvalue weighted by Crippen LogP contribution is 2.20. The van der Waals surface area contributed by atoms with Gasteiger partial charge in [0.25, 0.3) is 5.91 Å². The predicted molar refractivity (Wildman–Crippen MR) is 84.6 cm³/mol. The largest absolute Gasteiger partial charge is 0.387 e. The van der Waals surface area contributed by atoms with Gasteiger partial charge in [-0.1, -0.05) is 29.8 Å². The highest BCUT2D eigenvalue weighted by Gasteiger charge is 2.14. The quantitative estimate of drug-likeness (QED) is 0.904. The molecule has 0 heterocycles. The van der Waals surface area contributed by atoms with Crippen LogP contribution in [-0.4, -0.2) is 17.6 Å². The standard InChI is InChI=1S/C17H17ClFNO2/c1-10-4-3-5-13(11(10)2)17(22)20-9-16(21)12-6-7-14(18)15(19)8-12/h3-8,16,21H,9H2,1-2H3,(H,20,22). The number of aliphatic hydroxyl groups is 1. The zero-order chi connectivity index (χ0) is 16.3. The van der Waals surface area contributed by atoms with Crippen molar-refractivity contribution in [2.45, 2.75) is 20.0 Å². The smallest absolute Gasteiger partial charge is 0.251 e. The van der Waals surface area contributed by atoms with E-state index in [0.717, 1.165) is 17.2 Å². The Labute approximate surface area is 133 Å². The van der Waals surface area contributed by atoms with E-state index in [1.165, 1.54) is 12.1 Å². The summed E-state index contributed by atoms with van der Waals surface area (Å²) >= 11 is 5.60. The van der Waals surface area contributed by atoms with Crippen LogP contribution in [-0.2, 0) is 0 Å². The molecule has 0 spiro atoms. The third-order valence-electron chi connectivity index (χ3n) is 3.63. The molecule has 2 aromatic carbocycles. The third kappa shape index (κ3) is 3.64. The number of carbonyl (C=O) groups is 1. The molecule has 1 atom stereocenters. The van der Waals surface area contributed by atoms with Crippen molar-refractivity contribution in [1.82, 2.24) is 5.32 Å². The molecule has 0 bridgehead atoms. The van der Waals surface area contributed by atoms with Crippen LogP contribution in [0.4, 0.5) is 4.39 Å². The van der Waals surface area contributed by atoms with Crippen molar-refractivity contribution in [2.75, 3.05) is 6.54 Å². The summed E-state index contributed by atoms with van der Waals surface area (Å²) in [5.74, 6) is -0.867. The molecule has 0 aliphatic heterocycles. The van der Waals surface area contributed by atoms with E-state index < -0.39 is 11.9 Å². The fourth-order valence-electron chi connectivity index (χ4n) is 2.12. The minimum absolute atomic E-state index is 0.00429. The van der Waals surface area contributed by atoms with Gasteiger partial charge in [-0.05, 0) is 48.7 Å². The van der Waals surface area contributed by atoms with Gasteiger partial charge in [-0.15, -0.1) is 0 Å². The molecule has 2 rings (SSSR count). The van der Waals surface area contributed by atoms with Crippen LogP contribution in [0.15, 0.2) is 36.4 Å². The average molecular weight is 322 g/mol. The summed E-state index contributed by atoms with van der Waals surface area (Å²) in [4.78, 5) is 12.2. The summed E-state index contributed by atoms with van der Waals surface area (Å²) in [5.41, 5.74) is 2.85. The number of amides is 1. The summed E-state index contributed by atoms with van der Waals surface area (Å²) < 4.78 is 13.4. The zero-order valence-electron chi connectivity index (χ0n) is 12.4. The van der Waals surface area contributed by atoms with Crippen LogP contribution in [0, 0.1) is 19.7 Å². The zero-order valence-corrected chi connectivity index (χ0v) is 13.1. The summed E-state index contributed by atoms with van der Waals surface area (Å²) in [6.45, 7) is 3.79. The Morgan fingerprint density at radius 1 is 1.32 bits per heavy atom. The SMILES string of the molecule is Cc1cccc(C(=O)NCC(O)c2ccc(Cl)c(F)c2)c1C. The molecule has 0 fully saturated rings. The molecule has 0 radical (unpaired) electrons. The van der Waals surface area contributed by atoms with Gasteiger partial charge >= 0.3 is 0 Å². The van der Waals surface area contributed by atoms with Gasteiger partial charge in [-0.25, -0.2) is 4.39 Å². The maximum absolute atomic E-state index is 13.4. The molecule has 0 saturated carbocycles. The maximum atomic E-state index is 13.4. The van der Waals surface area contributed by atoms with Crippen LogP contribution in [0.2, 0.25) is 5.02 Å². The number of nitrogens with one attached hydrogen (secondary N) is 1. The number of aliphatic hydroxyl groups excluding tert-OH is 1. The van der Waals surface area contributed by atoms with Gasteiger partial charge in [0.2, 0.25) is 0 Å². The van der Waals surface area contributed by atoms with Crippen LogP contribution >= 0.6 is 11.6 Å². The Bertz CT molecular complexity index is 703. The van der Waals surface area contributed by atoms with E-state index in [2.05, 4.69) is 5.32 Å². The Kier molecular flexibility index (Phi) is 5.16. The van der Waals surface area contributed by atoms with Crippen molar-refractivity contribution in [2.24, 2.45) is 0 Å². The second-order valence-electron chi connectivity index (χ2n) is 5.15. The van der Waals surface area contributed by atoms with E-state index in [0.29, 0.717) is 11.1 Å². The first-order chi connectivity index (χ1) is 10.4. The fraction of sp³-hybridized carbons (Fsp3) is 0.235. The number of halogens is 2. The molecule has 0 saturated heterocycles. The highest BCUT2D eigenvalue weighted by atomic mass is 35.5. The molecule has 2 N–H and O–H groups in total. The van der Waals surface area contributed by atoms with E-state index in [9.17, 15) is 14.3 Å². The maximum Gasteiger partial charge on any atom is 0.251 e. The normalized spacial score (nSPS) is 12.0. The second kappa shape index (κ2) is 6.90. The van der Waals surface area contributed by atoms with Crippen molar-refractivity contribution in [3.63, 3.8) is 0 Å². The van der Waals surface area contributed by atoms with Crippen LogP contribution in [0.3, 0.4) is 0 Å². The van der Waals surface area contributed by atoms with Gasteiger partial charge in [0.05, 0.1) is 11.1 Å². The van der Waals surface area contributed by atoms with Crippen LogP contribution < -0.4 is 5.32 Å². The fourth-order valence-corrected chi connectivity index (χ4v) is 2.24. The minimum Gasteiger partial charge on any atom is -0.387 e. The molecule has 0 aromatic heterocycles. The number of carbonyl (C=O) groups excluding carboxylic acids is 1. The summed E-state index contributed by atoms with van der Waals surface area (Å²) in [6.07, 6.45) is -0.999. The van der Waals surface area contributed by atoms with E-state index in [-0.39, 0.29) is 17.5 Å². The van der Waals surface area contributed by atoms with Crippen molar-refractivity contribution in [3.05, 3.63) is 69.5 Å². The van der Waals surface area contributed by atoms with Crippen molar-refractivity contribution in [1.29, 1.82) is 0 Å². The molecule has 1 unspecified atom stereocenters. The molecule has 0 aliphatic rings.